The SMILES string of the molecule is COc1ccc2c(c1)C1(CC1c1ccc3c(/C=C/c4ccc(CN5CCC(F)C5)cc4)n[nH]c3c1)C(=O)N2. The predicted molar refractivity (Wildman–Crippen MR) is 147 cm³/mol. The highest BCUT2D eigenvalue weighted by molar-refractivity contribution is 6.10. The second-order valence-electron chi connectivity index (χ2n) is 10.7. The number of anilines is 1. The fraction of sp³-hybridized carbons (Fsp3) is 0.290. The average molecular weight is 509 g/mol. The molecule has 1 amide bonds. The van der Waals surface area contributed by atoms with Crippen LogP contribution in [0.5, 0.6) is 5.75 Å². The maximum absolute atomic E-state index is 13.4. The molecule has 3 aromatic carbocycles. The molecule has 1 spiro atoms. The van der Waals surface area contributed by atoms with Crippen molar-refractivity contribution >= 4 is 34.6 Å². The lowest BCUT2D eigenvalue weighted by Gasteiger charge is -2.14. The van der Waals surface area contributed by atoms with Crippen molar-refractivity contribution in [3.8, 4) is 5.75 Å². The van der Waals surface area contributed by atoms with Crippen molar-refractivity contribution in [1.29, 1.82) is 0 Å². The number of hydrogen-bond acceptors (Lipinski definition) is 4. The Kier molecular flexibility index (Phi) is 5.37. The smallest absolute Gasteiger partial charge is 0.235 e. The number of carbonyl (C=O) groups is 1. The zero-order valence-corrected chi connectivity index (χ0v) is 21.2. The van der Waals surface area contributed by atoms with E-state index in [2.05, 4.69) is 69.0 Å². The molecule has 2 aliphatic heterocycles. The van der Waals surface area contributed by atoms with E-state index >= 15 is 0 Å². The quantitative estimate of drug-likeness (QED) is 0.353. The summed E-state index contributed by atoms with van der Waals surface area (Å²) in [6.07, 6.45) is 4.82. The van der Waals surface area contributed by atoms with E-state index in [1.165, 1.54) is 5.56 Å². The molecule has 3 atom stereocenters. The van der Waals surface area contributed by atoms with Crippen molar-refractivity contribution < 1.29 is 13.9 Å². The number of aromatic amines is 1. The van der Waals surface area contributed by atoms with Crippen LogP contribution in [0.3, 0.4) is 0 Å². The van der Waals surface area contributed by atoms with E-state index in [1.807, 2.05) is 24.3 Å². The normalized spacial score (nSPS) is 24.4. The van der Waals surface area contributed by atoms with E-state index in [4.69, 9.17) is 4.74 Å². The molecule has 2 fully saturated rings. The van der Waals surface area contributed by atoms with Crippen LogP contribution in [0.1, 0.15) is 46.7 Å². The number of likely N-dealkylation sites (tertiary alicyclic amines) is 1. The fourth-order valence-electron chi connectivity index (χ4n) is 6.20. The van der Waals surface area contributed by atoms with E-state index < -0.39 is 11.6 Å². The number of nitrogens with zero attached hydrogens (tertiary/aromatic N) is 2. The van der Waals surface area contributed by atoms with Crippen LogP contribution in [0.25, 0.3) is 23.1 Å². The molecule has 3 unspecified atom stereocenters. The number of ether oxygens (including phenoxy) is 1. The number of hydrogen-bond donors (Lipinski definition) is 2. The van der Waals surface area contributed by atoms with Gasteiger partial charge in [-0.2, -0.15) is 5.10 Å². The van der Waals surface area contributed by atoms with Crippen LogP contribution in [0, 0.1) is 0 Å². The van der Waals surface area contributed by atoms with Crippen LogP contribution in [0.4, 0.5) is 10.1 Å². The Labute approximate surface area is 220 Å². The molecule has 192 valence electrons. The number of carbonyl (C=O) groups excluding carboxylic acids is 1. The molecular weight excluding hydrogens is 479 g/mol. The molecule has 1 aliphatic carbocycles. The highest BCUT2D eigenvalue weighted by atomic mass is 19.1. The summed E-state index contributed by atoms with van der Waals surface area (Å²) in [7, 11) is 1.65. The first-order valence-corrected chi connectivity index (χ1v) is 13.1. The van der Waals surface area contributed by atoms with Gasteiger partial charge in [0.05, 0.1) is 23.7 Å². The second kappa shape index (κ2) is 8.81. The number of benzene rings is 3. The first kappa shape index (κ1) is 23.2. The number of H-pyrrole nitrogens is 1. The largest absolute Gasteiger partial charge is 0.497 e. The molecule has 1 saturated carbocycles. The van der Waals surface area contributed by atoms with Gasteiger partial charge in [0.15, 0.2) is 0 Å². The number of rotatable bonds is 6. The summed E-state index contributed by atoms with van der Waals surface area (Å²) in [5, 5.41) is 11.8. The van der Waals surface area contributed by atoms with Gasteiger partial charge in [-0.05, 0) is 65.4 Å². The lowest BCUT2D eigenvalue weighted by atomic mass is 9.91. The Morgan fingerprint density at radius 3 is 2.79 bits per heavy atom. The third-order valence-electron chi connectivity index (χ3n) is 8.37. The minimum atomic E-state index is -0.689. The van der Waals surface area contributed by atoms with E-state index in [9.17, 15) is 9.18 Å². The predicted octanol–water partition coefficient (Wildman–Crippen LogP) is 5.66. The zero-order chi connectivity index (χ0) is 25.9. The van der Waals surface area contributed by atoms with Gasteiger partial charge in [-0.3, -0.25) is 14.8 Å². The van der Waals surface area contributed by atoms with E-state index in [0.29, 0.717) is 13.0 Å². The summed E-state index contributed by atoms with van der Waals surface area (Å²) in [5.74, 6) is 0.955. The molecule has 1 aromatic heterocycles. The average Bonchev–Trinajstić information content (AvgIpc) is 3.19. The fourth-order valence-corrected chi connectivity index (χ4v) is 6.20. The van der Waals surface area contributed by atoms with Gasteiger partial charge in [-0.1, -0.05) is 42.5 Å². The molecule has 7 rings (SSSR count). The third kappa shape index (κ3) is 3.80. The molecule has 6 nitrogen and oxygen atoms in total. The highest BCUT2D eigenvalue weighted by Crippen LogP contribution is 2.65. The van der Waals surface area contributed by atoms with E-state index in [1.54, 1.807) is 7.11 Å². The van der Waals surface area contributed by atoms with Gasteiger partial charge in [-0.25, -0.2) is 4.39 Å². The monoisotopic (exact) mass is 508 g/mol. The maximum atomic E-state index is 13.4. The highest BCUT2D eigenvalue weighted by Gasteiger charge is 2.65. The summed E-state index contributed by atoms with van der Waals surface area (Å²) in [6, 6.07) is 20.5. The third-order valence-corrected chi connectivity index (χ3v) is 8.37. The van der Waals surface area contributed by atoms with Gasteiger partial charge in [0.2, 0.25) is 5.91 Å². The van der Waals surface area contributed by atoms with Crippen LogP contribution in [-0.2, 0) is 16.8 Å². The molecule has 3 heterocycles. The molecule has 38 heavy (non-hydrogen) atoms. The first-order chi connectivity index (χ1) is 18.5. The number of nitrogens with one attached hydrogen (secondary N) is 2. The second-order valence-corrected chi connectivity index (χ2v) is 10.7. The molecule has 7 heteroatoms. The zero-order valence-electron chi connectivity index (χ0n) is 21.2. The Bertz CT molecular complexity index is 1580. The van der Waals surface area contributed by atoms with E-state index in [-0.39, 0.29) is 11.8 Å². The van der Waals surface area contributed by atoms with Crippen LogP contribution < -0.4 is 10.1 Å². The van der Waals surface area contributed by atoms with Crippen LogP contribution in [0.15, 0.2) is 60.7 Å². The van der Waals surface area contributed by atoms with E-state index in [0.717, 1.165) is 64.2 Å². The summed E-state index contributed by atoms with van der Waals surface area (Å²) >= 11 is 0. The minimum Gasteiger partial charge on any atom is -0.497 e. The minimum absolute atomic E-state index is 0.0668. The maximum Gasteiger partial charge on any atom is 0.235 e. The number of aromatic nitrogens is 2. The number of methoxy groups -OCH3 is 1. The van der Waals surface area contributed by atoms with Crippen LogP contribution >= 0.6 is 0 Å². The lowest BCUT2D eigenvalue weighted by Crippen LogP contribution is -2.21. The molecule has 0 bridgehead atoms. The Balaban J connectivity index is 1.08. The molecule has 4 aromatic rings. The first-order valence-electron chi connectivity index (χ1n) is 13.1. The van der Waals surface area contributed by atoms with Crippen molar-refractivity contribution in [2.45, 2.75) is 36.9 Å². The lowest BCUT2D eigenvalue weighted by molar-refractivity contribution is -0.118. The van der Waals surface area contributed by atoms with Crippen molar-refractivity contribution in [1.82, 2.24) is 15.1 Å². The van der Waals surface area contributed by atoms with Crippen molar-refractivity contribution in [3.63, 3.8) is 0 Å². The summed E-state index contributed by atoms with van der Waals surface area (Å²) < 4.78 is 18.9. The molecule has 3 aliphatic rings. The van der Waals surface area contributed by atoms with Crippen molar-refractivity contribution in [2.75, 3.05) is 25.5 Å². The van der Waals surface area contributed by atoms with Crippen molar-refractivity contribution in [3.05, 3.63) is 88.6 Å². The van der Waals surface area contributed by atoms with Gasteiger partial charge in [0, 0.05) is 36.6 Å². The van der Waals surface area contributed by atoms with Gasteiger partial charge in [-0.15, -0.1) is 0 Å². The van der Waals surface area contributed by atoms with Crippen LogP contribution in [-0.4, -0.2) is 47.4 Å². The van der Waals surface area contributed by atoms with Crippen LogP contribution in [0.2, 0.25) is 0 Å². The summed E-state index contributed by atoms with van der Waals surface area (Å²) in [5.41, 5.74) is 6.64. The van der Waals surface area contributed by atoms with Crippen molar-refractivity contribution in [2.24, 2.45) is 0 Å². The Morgan fingerprint density at radius 1 is 1.13 bits per heavy atom. The van der Waals surface area contributed by atoms with Gasteiger partial charge in [0.25, 0.3) is 0 Å². The number of amides is 1. The standard InChI is InChI=1S/C31H29FN4O2/c1-38-23-8-11-28-25(15-23)31(30(37)33-28)16-26(31)21-7-9-24-27(34-35-29(24)14-21)10-6-19-2-4-20(5-3-19)17-36-13-12-22(32)18-36/h2-11,14-15,22,26H,12-13,16-18H2,1H3,(H,33,37)(H,34,35)/b10-6+. The molecule has 1 saturated heterocycles. The van der Waals surface area contributed by atoms with Gasteiger partial charge in [0.1, 0.15) is 11.9 Å². The van der Waals surface area contributed by atoms with Gasteiger partial charge >= 0.3 is 0 Å². The molecular formula is C31H29FN4O2. The van der Waals surface area contributed by atoms with Gasteiger partial charge < -0.3 is 10.1 Å². The summed E-state index contributed by atoms with van der Waals surface area (Å²) in [6.45, 7) is 2.15. The number of fused-ring (bicyclic) bond motifs is 3. The topological polar surface area (TPSA) is 70.2 Å². The Hall–Kier alpha value is -3.97. The number of halogens is 1. The number of alkyl halides is 1. The Morgan fingerprint density at radius 2 is 2.00 bits per heavy atom. The summed E-state index contributed by atoms with van der Waals surface area (Å²) in [4.78, 5) is 15.2. The molecule has 2 N–H and O–H groups in total. The molecule has 0 radical (unpaired) electrons.